The van der Waals surface area contributed by atoms with Crippen LogP contribution in [0.25, 0.3) is 0 Å². The second-order valence-corrected chi connectivity index (χ2v) is 19.1. The minimum Gasteiger partial charge on any atom is -0.125 e. The minimum absolute atomic E-state index is 0.212. The molecule has 2 heteroatoms. The topological polar surface area (TPSA) is 0 Å². The average molecular weight is 759 g/mol. The number of hydrogen-bond donors (Lipinski definition) is 0. The molecule has 0 fully saturated rings. The van der Waals surface area contributed by atoms with Crippen LogP contribution in [0.15, 0.2) is 107 Å². The van der Waals surface area contributed by atoms with Crippen LogP contribution in [0.1, 0.15) is 161 Å². The Labute approximate surface area is 339 Å². The van der Waals surface area contributed by atoms with Crippen LogP contribution in [-0.4, -0.2) is 11.5 Å². The lowest BCUT2D eigenvalue weighted by molar-refractivity contribution is 0.372. The van der Waals surface area contributed by atoms with E-state index in [0.29, 0.717) is 11.8 Å². The van der Waals surface area contributed by atoms with Gasteiger partial charge in [0.1, 0.15) is 0 Å². The van der Waals surface area contributed by atoms with E-state index in [0.717, 1.165) is 0 Å². The molecule has 2 heterocycles. The highest BCUT2D eigenvalue weighted by molar-refractivity contribution is 7.99. The third kappa shape index (κ3) is 10.8. The van der Waals surface area contributed by atoms with Crippen molar-refractivity contribution in [2.45, 2.75) is 165 Å². The van der Waals surface area contributed by atoms with Crippen molar-refractivity contribution in [1.29, 1.82) is 0 Å². The van der Waals surface area contributed by atoms with Crippen molar-refractivity contribution in [1.82, 2.24) is 0 Å². The third-order valence-electron chi connectivity index (χ3n) is 12.5. The molecule has 0 bridgehead atoms. The summed E-state index contributed by atoms with van der Waals surface area (Å²) in [6, 6.07) is 32.9. The molecule has 0 radical (unpaired) electrons. The van der Waals surface area contributed by atoms with E-state index in [4.69, 9.17) is 0 Å². The zero-order valence-corrected chi connectivity index (χ0v) is 36.7. The molecule has 54 heavy (non-hydrogen) atoms. The maximum absolute atomic E-state index is 2.51. The summed E-state index contributed by atoms with van der Waals surface area (Å²) in [5, 5.41) is 0. The highest BCUT2D eigenvalue weighted by Crippen LogP contribution is 2.53. The first-order valence-electron chi connectivity index (χ1n) is 21.3. The normalized spacial score (nSPS) is 22.0. The predicted molar refractivity (Wildman–Crippen MR) is 242 cm³/mol. The van der Waals surface area contributed by atoms with Crippen molar-refractivity contribution < 1.29 is 0 Å². The maximum Gasteiger partial charge on any atom is 0.0110 e. The van der Waals surface area contributed by atoms with Crippen molar-refractivity contribution in [2.24, 2.45) is 0 Å². The van der Waals surface area contributed by atoms with Crippen molar-refractivity contribution in [2.75, 3.05) is 11.5 Å². The summed E-state index contributed by atoms with van der Waals surface area (Å²) >= 11 is 4.12. The van der Waals surface area contributed by atoms with Crippen LogP contribution in [0, 0.1) is 27.7 Å². The number of unbranched alkanes of at least 4 members (excludes halogenated alkanes) is 8. The lowest BCUT2D eigenvalue weighted by Gasteiger charge is -2.43. The van der Waals surface area contributed by atoms with Gasteiger partial charge in [-0.3, -0.25) is 0 Å². The molecule has 2 aliphatic rings. The summed E-state index contributed by atoms with van der Waals surface area (Å²) in [7, 11) is 0. The second kappa shape index (κ2) is 20.5. The van der Waals surface area contributed by atoms with E-state index in [1.165, 1.54) is 132 Å². The van der Waals surface area contributed by atoms with E-state index >= 15 is 0 Å². The predicted octanol–water partition coefficient (Wildman–Crippen LogP) is 16.2. The highest BCUT2D eigenvalue weighted by Gasteiger charge is 2.42. The fraction of sp³-hybridized carbons (Fsp3) is 0.500. The summed E-state index contributed by atoms with van der Waals surface area (Å²) in [6.07, 6.45) is 20.5. The van der Waals surface area contributed by atoms with Crippen LogP contribution in [-0.2, 0) is 10.8 Å². The molecule has 0 aromatic heterocycles. The zero-order valence-electron chi connectivity index (χ0n) is 35.1. The molecule has 0 aliphatic carbocycles. The molecule has 6 rings (SSSR count). The van der Waals surface area contributed by atoms with Crippen LogP contribution in [0.5, 0.6) is 0 Å². The number of allylic oxidation sites excluding steroid dienone is 2. The van der Waals surface area contributed by atoms with Gasteiger partial charge in [-0.1, -0.05) is 179 Å². The van der Waals surface area contributed by atoms with Gasteiger partial charge in [-0.15, -0.1) is 23.5 Å². The zero-order chi connectivity index (χ0) is 38.6. The fourth-order valence-electron chi connectivity index (χ4n) is 8.92. The van der Waals surface area contributed by atoms with E-state index in [9.17, 15) is 0 Å². The van der Waals surface area contributed by atoms with E-state index < -0.39 is 0 Å². The lowest BCUT2D eigenvalue weighted by atomic mass is 9.67. The molecule has 4 unspecified atom stereocenters. The Hall–Kier alpha value is -2.68. The minimum atomic E-state index is 0.212. The summed E-state index contributed by atoms with van der Waals surface area (Å²) in [6.45, 7) is 18.2. The van der Waals surface area contributed by atoms with Gasteiger partial charge in [0.05, 0.1) is 0 Å². The van der Waals surface area contributed by atoms with Gasteiger partial charge in [0, 0.05) is 32.1 Å². The maximum atomic E-state index is 2.51. The van der Waals surface area contributed by atoms with Gasteiger partial charge in [-0.2, -0.15) is 0 Å². The van der Waals surface area contributed by atoms with Crippen molar-refractivity contribution in [3.8, 4) is 0 Å². The summed E-state index contributed by atoms with van der Waals surface area (Å²) in [5.41, 5.74) is 12.1. The largest absolute Gasteiger partial charge is 0.125 e. The Bertz CT molecular complexity index is 1770. The van der Waals surface area contributed by atoms with Gasteiger partial charge < -0.3 is 0 Å². The first-order chi connectivity index (χ1) is 26.1. The van der Waals surface area contributed by atoms with Gasteiger partial charge >= 0.3 is 0 Å². The van der Waals surface area contributed by atoms with E-state index in [2.05, 4.69) is 176 Å². The molecule has 0 saturated heterocycles. The summed E-state index contributed by atoms with van der Waals surface area (Å²) in [4.78, 5) is 3.04. The number of thioether (sulfide) groups is 2. The molecule has 0 amide bonds. The van der Waals surface area contributed by atoms with Gasteiger partial charge in [-0.05, 0) is 107 Å². The van der Waals surface area contributed by atoms with Crippen LogP contribution in [0.4, 0.5) is 0 Å². The fourth-order valence-corrected chi connectivity index (χ4v) is 11.9. The van der Waals surface area contributed by atoms with E-state index in [1.54, 1.807) is 11.1 Å². The molecule has 0 N–H and O–H groups in total. The standard InChI is InChI=1S/C26H36S.C26H34S/c2*1-5-6-7-8-9-10-11-24-23-17-14-21(3)18-25(23)27-19-26(24,4)22-15-12-20(2)13-16-22/h12-18,24H,5-11,19H2,1-4H3;5-6,12-18,24H,7-11,19H2,1-4H3/b;6-5+. The van der Waals surface area contributed by atoms with Crippen molar-refractivity contribution in [3.63, 3.8) is 0 Å². The molecule has 0 spiro atoms. The number of aryl methyl sites for hydroxylation is 4. The molecule has 0 nitrogen and oxygen atoms in total. The van der Waals surface area contributed by atoms with Crippen molar-refractivity contribution >= 4 is 23.5 Å². The number of hydrogen-bond acceptors (Lipinski definition) is 2. The Kier molecular flexibility index (Phi) is 16.1. The Morgan fingerprint density at radius 3 is 1.39 bits per heavy atom. The molecule has 4 atom stereocenters. The molecular formula is C52H70S2. The smallest absolute Gasteiger partial charge is 0.0110 e. The number of rotatable bonds is 15. The Morgan fingerprint density at radius 1 is 0.537 bits per heavy atom. The first kappa shape index (κ1) is 42.5. The summed E-state index contributed by atoms with van der Waals surface area (Å²) < 4.78 is 0. The SMILES string of the molecule is C/C=C/CCCCCC1c2ccc(C)cc2SCC1(C)c1ccc(C)cc1.CCCCCCCCC1c2ccc(C)cc2SCC1(C)c1ccc(C)cc1. The first-order valence-corrected chi connectivity index (χ1v) is 23.3. The van der Waals surface area contributed by atoms with Crippen LogP contribution in [0.2, 0.25) is 0 Å². The molecule has 4 aromatic rings. The molecule has 4 aromatic carbocycles. The molecule has 290 valence electrons. The van der Waals surface area contributed by atoms with E-state index in [-0.39, 0.29) is 10.8 Å². The molecular weight excluding hydrogens is 689 g/mol. The third-order valence-corrected chi connectivity index (χ3v) is 15.4. The number of benzene rings is 4. The van der Waals surface area contributed by atoms with Crippen LogP contribution in [0.3, 0.4) is 0 Å². The van der Waals surface area contributed by atoms with Crippen molar-refractivity contribution in [3.05, 3.63) is 142 Å². The van der Waals surface area contributed by atoms with E-state index in [1.807, 2.05) is 0 Å². The van der Waals surface area contributed by atoms with Gasteiger partial charge in [0.25, 0.3) is 0 Å². The average Bonchev–Trinajstić information content (AvgIpc) is 3.16. The van der Waals surface area contributed by atoms with Gasteiger partial charge in [0.2, 0.25) is 0 Å². The van der Waals surface area contributed by atoms with Gasteiger partial charge in [0.15, 0.2) is 0 Å². The van der Waals surface area contributed by atoms with Crippen LogP contribution >= 0.6 is 23.5 Å². The Balaban J connectivity index is 0.000000208. The second-order valence-electron chi connectivity index (χ2n) is 17.1. The highest BCUT2D eigenvalue weighted by atomic mass is 32.2. The van der Waals surface area contributed by atoms with Gasteiger partial charge in [-0.25, -0.2) is 0 Å². The summed E-state index contributed by atoms with van der Waals surface area (Å²) in [5.74, 6) is 3.60. The quantitative estimate of drug-likeness (QED) is 0.0875. The number of fused-ring (bicyclic) bond motifs is 2. The lowest BCUT2D eigenvalue weighted by Crippen LogP contribution is -2.36. The monoisotopic (exact) mass is 758 g/mol. The molecule has 0 saturated carbocycles. The van der Waals surface area contributed by atoms with Crippen LogP contribution < -0.4 is 0 Å². The Morgan fingerprint density at radius 2 is 0.944 bits per heavy atom. The molecule has 2 aliphatic heterocycles.